The Bertz CT molecular complexity index is 1410. The normalized spacial score (nSPS) is 19.0. The number of benzene rings is 3. The van der Waals surface area contributed by atoms with Gasteiger partial charge in [-0.3, -0.25) is 14.4 Å². The molecule has 5 rings (SSSR count). The number of hydrogen-bond donors (Lipinski definition) is 2. The maximum absolute atomic E-state index is 14.7. The highest BCUT2D eigenvalue weighted by Crippen LogP contribution is 2.41. The molecular formula is C31H31F2NO5. The number of ether oxygens (including phenoxy) is 1. The van der Waals surface area contributed by atoms with Gasteiger partial charge < -0.3 is 15.2 Å². The number of carboxylic acid groups (broad SMARTS) is 1. The lowest BCUT2D eigenvalue weighted by atomic mass is 9.87. The molecule has 1 amide bonds. The van der Waals surface area contributed by atoms with Crippen molar-refractivity contribution in [1.82, 2.24) is 5.32 Å². The molecule has 39 heavy (non-hydrogen) atoms. The highest BCUT2D eigenvalue weighted by Gasteiger charge is 2.28. The lowest BCUT2D eigenvalue weighted by Crippen LogP contribution is -2.28. The zero-order valence-corrected chi connectivity index (χ0v) is 21.6. The number of amides is 1. The molecule has 0 saturated heterocycles. The zero-order chi connectivity index (χ0) is 27.5. The molecule has 0 aliphatic heterocycles. The van der Waals surface area contributed by atoms with Crippen LogP contribution in [0.1, 0.15) is 83.6 Å². The number of hydrogen-bond acceptors (Lipinski definition) is 4. The molecule has 3 aromatic rings. The summed E-state index contributed by atoms with van der Waals surface area (Å²) in [5.41, 5.74) is 1.50. The van der Waals surface area contributed by atoms with E-state index in [2.05, 4.69) is 17.4 Å². The largest absolute Gasteiger partial charge is 0.487 e. The van der Waals surface area contributed by atoms with E-state index in [-0.39, 0.29) is 36.6 Å². The molecule has 2 aliphatic carbocycles. The van der Waals surface area contributed by atoms with Crippen molar-refractivity contribution in [2.45, 2.75) is 63.4 Å². The lowest BCUT2D eigenvalue weighted by molar-refractivity contribution is -0.143. The number of nitrogens with one attached hydrogen (secondary N) is 1. The summed E-state index contributed by atoms with van der Waals surface area (Å²) in [4.78, 5) is 36.2. The minimum atomic E-state index is -1.26. The van der Waals surface area contributed by atoms with Crippen LogP contribution in [0, 0.1) is 17.6 Å². The summed E-state index contributed by atoms with van der Waals surface area (Å²) in [7, 11) is 0. The third kappa shape index (κ3) is 6.27. The summed E-state index contributed by atoms with van der Waals surface area (Å²) < 4.78 is 34.9. The molecule has 2 fully saturated rings. The Morgan fingerprint density at radius 2 is 1.59 bits per heavy atom. The number of carbonyl (C=O) groups is 3. The van der Waals surface area contributed by atoms with Gasteiger partial charge in [-0.25, -0.2) is 4.39 Å². The summed E-state index contributed by atoms with van der Waals surface area (Å²) in [6, 6.07) is 14.3. The van der Waals surface area contributed by atoms with Crippen LogP contribution in [-0.4, -0.2) is 35.4 Å². The van der Waals surface area contributed by atoms with Crippen LogP contribution >= 0.6 is 0 Å². The SMILES string of the molecule is O=C(NCCCC(=O)c1ccc(OC2CCC(C(=O)O)CC2)c(F)c1F)c1ccc2cc(C3CC3)ccc2c1. The molecular weight excluding hydrogens is 504 g/mol. The molecule has 0 bridgehead atoms. The average molecular weight is 536 g/mol. The minimum absolute atomic E-state index is 0.0578. The van der Waals surface area contributed by atoms with Gasteiger partial charge in [-0.1, -0.05) is 24.3 Å². The van der Waals surface area contributed by atoms with Crippen molar-refractivity contribution < 1.29 is 33.0 Å². The number of rotatable bonds is 10. The first-order chi connectivity index (χ1) is 18.8. The average Bonchev–Trinajstić information content (AvgIpc) is 3.79. The van der Waals surface area contributed by atoms with Gasteiger partial charge in [-0.15, -0.1) is 0 Å². The van der Waals surface area contributed by atoms with Crippen molar-refractivity contribution >= 4 is 28.4 Å². The number of carbonyl (C=O) groups excluding carboxylic acids is 2. The molecule has 0 unspecified atom stereocenters. The summed E-state index contributed by atoms with van der Waals surface area (Å²) in [5.74, 6) is -4.23. The molecule has 3 aromatic carbocycles. The Morgan fingerprint density at radius 1 is 0.872 bits per heavy atom. The summed E-state index contributed by atoms with van der Waals surface area (Å²) in [6.45, 7) is 0.216. The number of carboxylic acids is 1. The van der Waals surface area contributed by atoms with E-state index in [1.165, 1.54) is 30.5 Å². The van der Waals surface area contributed by atoms with Crippen molar-refractivity contribution in [2.75, 3.05) is 6.54 Å². The third-order valence-corrected chi connectivity index (χ3v) is 7.71. The predicted octanol–water partition coefficient (Wildman–Crippen LogP) is 6.41. The highest BCUT2D eigenvalue weighted by molar-refractivity contribution is 5.99. The van der Waals surface area contributed by atoms with Crippen molar-refractivity contribution in [1.29, 1.82) is 0 Å². The van der Waals surface area contributed by atoms with E-state index in [1.54, 1.807) is 6.07 Å². The van der Waals surface area contributed by atoms with E-state index in [0.717, 1.165) is 10.8 Å². The van der Waals surface area contributed by atoms with Crippen LogP contribution in [0.15, 0.2) is 48.5 Å². The van der Waals surface area contributed by atoms with E-state index < -0.39 is 35.4 Å². The summed E-state index contributed by atoms with van der Waals surface area (Å²) >= 11 is 0. The fourth-order valence-electron chi connectivity index (χ4n) is 5.21. The van der Waals surface area contributed by atoms with Crippen molar-refractivity contribution in [2.24, 2.45) is 5.92 Å². The van der Waals surface area contributed by atoms with E-state index in [9.17, 15) is 23.2 Å². The van der Waals surface area contributed by atoms with Gasteiger partial charge in [0.25, 0.3) is 5.91 Å². The first-order valence-corrected chi connectivity index (χ1v) is 13.5. The van der Waals surface area contributed by atoms with Gasteiger partial charge >= 0.3 is 5.97 Å². The Kier molecular flexibility index (Phi) is 7.91. The Balaban J connectivity index is 1.10. The molecule has 0 radical (unpaired) electrons. The van der Waals surface area contributed by atoms with Gasteiger partial charge in [0, 0.05) is 18.5 Å². The van der Waals surface area contributed by atoms with Gasteiger partial charge in [0.1, 0.15) is 0 Å². The molecule has 0 atom stereocenters. The fraction of sp³-hybridized carbons (Fsp3) is 0.387. The molecule has 0 heterocycles. The van der Waals surface area contributed by atoms with Crippen LogP contribution in [0.3, 0.4) is 0 Å². The number of Topliss-reactive ketones (excluding diaryl/α,β-unsaturated/α-hetero) is 1. The van der Waals surface area contributed by atoms with Crippen LogP contribution in [0.2, 0.25) is 0 Å². The number of ketones is 1. The number of halogens is 2. The highest BCUT2D eigenvalue weighted by atomic mass is 19.2. The van der Waals surface area contributed by atoms with Crippen LogP contribution in [0.4, 0.5) is 8.78 Å². The van der Waals surface area contributed by atoms with E-state index in [0.29, 0.717) is 37.2 Å². The zero-order valence-electron chi connectivity index (χ0n) is 21.6. The molecule has 2 N–H and O–H groups in total. The molecule has 0 aromatic heterocycles. The molecule has 204 valence electrons. The van der Waals surface area contributed by atoms with Crippen LogP contribution < -0.4 is 10.1 Å². The van der Waals surface area contributed by atoms with Gasteiger partial charge in [-0.2, -0.15) is 4.39 Å². The predicted molar refractivity (Wildman–Crippen MR) is 142 cm³/mol. The summed E-state index contributed by atoms with van der Waals surface area (Å²) in [6.07, 6.45) is 3.98. The van der Waals surface area contributed by atoms with Gasteiger partial charge in [0.05, 0.1) is 17.6 Å². The molecule has 8 heteroatoms. The second-order valence-corrected chi connectivity index (χ2v) is 10.5. The Hall–Kier alpha value is -3.81. The van der Waals surface area contributed by atoms with Gasteiger partial charge in [0.15, 0.2) is 17.3 Å². The van der Waals surface area contributed by atoms with E-state index >= 15 is 0 Å². The van der Waals surface area contributed by atoms with E-state index in [1.807, 2.05) is 18.2 Å². The Labute approximate surface area is 225 Å². The van der Waals surface area contributed by atoms with Crippen molar-refractivity contribution in [3.8, 4) is 5.75 Å². The number of fused-ring (bicyclic) bond motifs is 1. The van der Waals surface area contributed by atoms with Gasteiger partial charge in [-0.05, 0) is 91.5 Å². The lowest BCUT2D eigenvalue weighted by Gasteiger charge is -2.27. The second-order valence-electron chi connectivity index (χ2n) is 10.5. The van der Waals surface area contributed by atoms with Crippen LogP contribution in [-0.2, 0) is 4.79 Å². The smallest absolute Gasteiger partial charge is 0.306 e. The Morgan fingerprint density at radius 3 is 2.31 bits per heavy atom. The van der Waals surface area contributed by atoms with Crippen LogP contribution in [0.5, 0.6) is 5.75 Å². The van der Waals surface area contributed by atoms with Gasteiger partial charge in [0.2, 0.25) is 5.82 Å². The van der Waals surface area contributed by atoms with Crippen molar-refractivity contribution in [3.05, 3.63) is 76.9 Å². The maximum atomic E-state index is 14.7. The summed E-state index contributed by atoms with van der Waals surface area (Å²) in [5, 5.41) is 14.0. The standard InChI is InChI=1S/C31H31F2NO5/c32-28-25(13-14-27(29(28)33)39-24-11-9-19(10-12-24)31(37)38)26(35)2-1-15-34-30(36)23-8-7-21-16-20(18-3-4-18)5-6-22(21)17-23/h5-8,13-14,16-19,24H,1-4,9-12,15H2,(H,34,36)(H,37,38). The van der Waals surface area contributed by atoms with E-state index in [4.69, 9.17) is 9.84 Å². The minimum Gasteiger partial charge on any atom is -0.487 e. The first-order valence-electron chi connectivity index (χ1n) is 13.5. The number of aliphatic carboxylic acids is 1. The molecule has 2 aliphatic rings. The fourth-order valence-corrected chi connectivity index (χ4v) is 5.21. The first kappa shape index (κ1) is 26.8. The molecule has 6 nitrogen and oxygen atoms in total. The topological polar surface area (TPSA) is 92.7 Å². The second kappa shape index (κ2) is 11.5. The molecule has 2 saturated carbocycles. The quantitative estimate of drug-likeness (QED) is 0.231. The third-order valence-electron chi connectivity index (χ3n) is 7.71. The maximum Gasteiger partial charge on any atom is 0.306 e. The monoisotopic (exact) mass is 535 g/mol. The molecule has 0 spiro atoms. The van der Waals surface area contributed by atoms with Crippen molar-refractivity contribution in [3.63, 3.8) is 0 Å². The van der Waals surface area contributed by atoms with Crippen LogP contribution in [0.25, 0.3) is 10.8 Å².